The Bertz CT molecular complexity index is 1050. The van der Waals surface area contributed by atoms with E-state index in [9.17, 15) is 19.2 Å². The standard InChI is InChI=1S/C20H14Cl2FN3O2S/c1-25-18(27)15(10-24)20-26(14-5-3-13(23)4-6-14)19(28)17(29-20)9-11-8-12(21)2-7-16(11)22/h2-8,17H,9H2,1H3,(H,25,27). The second-order valence-corrected chi connectivity index (χ2v) is 8.10. The van der Waals surface area contributed by atoms with Crippen molar-refractivity contribution < 1.29 is 14.0 Å². The predicted molar refractivity (Wildman–Crippen MR) is 112 cm³/mol. The Hall–Kier alpha value is -2.53. The Labute approximate surface area is 181 Å². The van der Waals surface area contributed by atoms with Gasteiger partial charge < -0.3 is 5.32 Å². The van der Waals surface area contributed by atoms with Crippen molar-refractivity contribution in [2.24, 2.45) is 0 Å². The minimum atomic E-state index is -0.640. The van der Waals surface area contributed by atoms with Crippen LogP contribution in [0.5, 0.6) is 0 Å². The molecule has 1 saturated heterocycles. The maximum absolute atomic E-state index is 13.4. The van der Waals surface area contributed by atoms with Crippen LogP contribution in [-0.4, -0.2) is 24.1 Å². The lowest BCUT2D eigenvalue weighted by molar-refractivity contribution is -0.117. The van der Waals surface area contributed by atoms with Crippen molar-refractivity contribution >= 4 is 52.5 Å². The number of likely N-dealkylation sites (N-methyl/N-ethyl adjacent to an activating group) is 1. The summed E-state index contributed by atoms with van der Waals surface area (Å²) in [5.41, 5.74) is 0.828. The van der Waals surface area contributed by atoms with Gasteiger partial charge in [-0.1, -0.05) is 35.0 Å². The van der Waals surface area contributed by atoms with Gasteiger partial charge in [0.25, 0.3) is 5.91 Å². The van der Waals surface area contributed by atoms with Crippen LogP contribution in [0, 0.1) is 17.1 Å². The Balaban J connectivity index is 2.06. The smallest absolute Gasteiger partial charge is 0.264 e. The van der Waals surface area contributed by atoms with Gasteiger partial charge in [-0.15, -0.1) is 0 Å². The number of hydrogen-bond acceptors (Lipinski definition) is 4. The van der Waals surface area contributed by atoms with Gasteiger partial charge in [-0.2, -0.15) is 5.26 Å². The Morgan fingerprint density at radius 1 is 1.28 bits per heavy atom. The van der Waals surface area contributed by atoms with Crippen molar-refractivity contribution in [1.82, 2.24) is 5.32 Å². The monoisotopic (exact) mass is 449 g/mol. The first-order valence-electron chi connectivity index (χ1n) is 8.42. The molecule has 0 aromatic heterocycles. The summed E-state index contributed by atoms with van der Waals surface area (Å²) in [5, 5.41) is 12.4. The van der Waals surface area contributed by atoms with Gasteiger partial charge in [0, 0.05) is 22.8 Å². The highest BCUT2D eigenvalue weighted by Crippen LogP contribution is 2.42. The fraction of sp³-hybridized carbons (Fsp3) is 0.150. The third kappa shape index (κ3) is 4.40. The number of carbonyl (C=O) groups excluding carboxylic acids is 2. The van der Waals surface area contributed by atoms with Crippen LogP contribution in [0.1, 0.15) is 5.56 Å². The van der Waals surface area contributed by atoms with Crippen LogP contribution in [0.15, 0.2) is 53.1 Å². The number of anilines is 1. The molecule has 0 saturated carbocycles. The molecule has 1 aliphatic rings. The van der Waals surface area contributed by atoms with E-state index in [1.54, 1.807) is 18.2 Å². The number of hydrogen-bond donors (Lipinski definition) is 1. The molecule has 1 heterocycles. The number of amides is 2. The minimum absolute atomic E-state index is 0.187. The van der Waals surface area contributed by atoms with Gasteiger partial charge in [0.05, 0.1) is 5.25 Å². The second kappa shape index (κ2) is 8.87. The molecule has 5 nitrogen and oxygen atoms in total. The van der Waals surface area contributed by atoms with Gasteiger partial charge in [-0.05, 0) is 54.4 Å². The molecule has 0 spiro atoms. The highest BCUT2D eigenvalue weighted by molar-refractivity contribution is 8.05. The van der Waals surface area contributed by atoms with Gasteiger partial charge in [-0.3, -0.25) is 14.5 Å². The molecular formula is C20H14Cl2FN3O2S. The minimum Gasteiger partial charge on any atom is -0.354 e. The Morgan fingerprint density at radius 3 is 2.59 bits per heavy atom. The summed E-state index contributed by atoms with van der Waals surface area (Å²) < 4.78 is 13.4. The third-order valence-corrected chi connectivity index (χ3v) is 6.10. The van der Waals surface area contributed by atoms with Crippen LogP contribution in [0.3, 0.4) is 0 Å². The average molecular weight is 450 g/mol. The number of benzene rings is 2. The number of rotatable bonds is 4. The molecule has 3 rings (SSSR count). The molecule has 1 fully saturated rings. The van der Waals surface area contributed by atoms with Crippen LogP contribution in [0.4, 0.5) is 10.1 Å². The highest BCUT2D eigenvalue weighted by Gasteiger charge is 2.41. The molecule has 9 heteroatoms. The van der Waals surface area contributed by atoms with Crippen LogP contribution >= 0.6 is 35.0 Å². The van der Waals surface area contributed by atoms with E-state index in [0.717, 1.165) is 11.8 Å². The average Bonchev–Trinajstić information content (AvgIpc) is 3.01. The molecule has 1 unspecified atom stereocenters. The third-order valence-electron chi connectivity index (χ3n) is 4.23. The number of carbonyl (C=O) groups is 2. The largest absolute Gasteiger partial charge is 0.354 e. The van der Waals surface area contributed by atoms with Crippen molar-refractivity contribution in [3.63, 3.8) is 0 Å². The summed E-state index contributed by atoms with van der Waals surface area (Å²) in [6.07, 6.45) is 0.247. The lowest BCUT2D eigenvalue weighted by atomic mass is 10.1. The zero-order valence-corrected chi connectivity index (χ0v) is 17.4. The Kier molecular flexibility index (Phi) is 6.48. The van der Waals surface area contributed by atoms with Crippen LogP contribution in [-0.2, 0) is 16.0 Å². The number of nitrogens with one attached hydrogen (secondary N) is 1. The summed E-state index contributed by atoms with van der Waals surface area (Å²) in [6, 6.07) is 12.1. The molecule has 2 aromatic carbocycles. The summed E-state index contributed by atoms with van der Waals surface area (Å²) >= 11 is 13.4. The maximum Gasteiger partial charge on any atom is 0.264 e. The molecule has 0 aliphatic carbocycles. The first-order chi connectivity index (χ1) is 13.8. The normalized spacial score (nSPS) is 17.8. The van der Waals surface area contributed by atoms with Crippen LogP contribution < -0.4 is 10.2 Å². The molecule has 1 N–H and O–H groups in total. The van der Waals surface area contributed by atoms with Crippen molar-refractivity contribution in [3.8, 4) is 6.07 Å². The Morgan fingerprint density at radius 2 is 1.97 bits per heavy atom. The lowest BCUT2D eigenvalue weighted by Crippen LogP contribution is -2.31. The van der Waals surface area contributed by atoms with E-state index in [-0.39, 0.29) is 22.9 Å². The quantitative estimate of drug-likeness (QED) is 0.557. The predicted octanol–water partition coefficient (Wildman–Crippen LogP) is 4.30. The highest BCUT2D eigenvalue weighted by atomic mass is 35.5. The molecule has 148 valence electrons. The van der Waals surface area contributed by atoms with Crippen LogP contribution in [0.2, 0.25) is 10.0 Å². The molecule has 1 aliphatic heterocycles. The van der Waals surface area contributed by atoms with Crippen molar-refractivity contribution in [2.75, 3.05) is 11.9 Å². The summed E-state index contributed by atoms with van der Waals surface area (Å²) in [6.45, 7) is 0. The number of nitriles is 1. The van der Waals surface area contributed by atoms with Crippen molar-refractivity contribution in [1.29, 1.82) is 5.26 Å². The molecule has 2 aromatic rings. The fourth-order valence-electron chi connectivity index (χ4n) is 2.84. The van der Waals surface area contributed by atoms with Gasteiger partial charge in [0.2, 0.25) is 5.91 Å². The molecule has 0 radical (unpaired) electrons. The maximum atomic E-state index is 13.4. The summed E-state index contributed by atoms with van der Waals surface area (Å²) in [7, 11) is 1.40. The number of thioether (sulfide) groups is 1. The SMILES string of the molecule is CNC(=O)C(C#N)=C1SC(Cc2cc(Cl)ccc2Cl)C(=O)N1c1ccc(F)cc1. The molecular weight excluding hydrogens is 436 g/mol. The summed E-state index contributed by atoms with van der Waals surface area (Å²) in [5.74, 6) is -1.42. The number of halogens is 3. The van der Waals surface area contributed by atoms with E-state index in [1.165, 1.54) is 36.2 Å². The topological polar surface area (TPSA) is 73.2 Å². The van der Waals surface area contributed by atoms with E-state index in [2.05, 4.69) is 5.32 Å². The van der Waals surface area contributed by atoms with Gasteiger partial charge in [0.15, 0.2) is 0 Å². The van der Waals surface area contributed by atoms with E-state index in [4.69, 9.17) is 23.2 Å². The van der Waals surface area contributed by atoms with E-state index in [0.29, 0.717) is 21.3 Å². The first kappa shape index (κ1) is 21.2. The molecule has 0 bridgehead atoms. The van der Waals surface area contributed by atoms with E-state index in [1.807, 2.05) is 6.07 Å². The zero-order chi connectivity index (χ0) is 21.1. The van der Waals surface area contributed by atoms with Crippen molar-refractivity contribution in [2.45, 2.75) is 11.7 Å². The first-order valence-corrected chi connectivity index (χ1v) is 10.1. The molecule has 1 atom stereocenters. The fourth-order valence-corrected chi connectivity index (χ4v) is 4.52. The van der Waals surface area contributed by atoms with Crippen LogP contribution in [0.25, 0.3) is 0 Å². The lowest BCUT2D eigenvalue weighted by Gasteiger charge is -2.18. The van der Waals surface area contributed by atoms with Gasteiger partial charge in [0.1, 0.15) is 22.5 Å². The number of nitrogens with zero attached hydrogens (tertiary/aromatic N) is 2. The van der Waals surface area contributed by atoms with E-state index >= 15 is 0 Å². The second-order valence-electron chi connectivity index (χ2n) is 6.07. The van der Waals surface area contributed by atoms with Gasteiger partial charge in [-0.25, -0.2) is 4.39 Å². The van der Waals surface area contributed by atoms with E-state index < -0.39 is 17.0 Å². The molecule has 2 amide bonds. The molecule has 29 heavy (non-hydrogen) atoms. The zero-order valence-electron chi connectivity index (χ0n) is 15.1. The van der Waals surface area contributed by atoms with Crippen molar-refractivity contribution in [3.05, 3.63) is 74.5 Å². The van der Waals surface area contributed by atoms with Gasteiger partial charge >= 0.3 is 0 Å². The summed E-state index contributed by atoms with van der Waals surface area (Å²) in [4.78, 5) is 26.6.